The summed E-state index contributed by atoms with van der Waals surface area (Å²) in [5, 5.41) is 14.1. The van der Waals surface area contributed by atoms with Gasteiger partial charge < -0.3 is 19.4 Å². The summed E-state index contributed by atoms with van der Waals surface area (Å²) in [6, 6.07) is 6.82. The van der Waals surface area contributed by atoms with Gasteiger partial charge in [0.05, 0.1) is 44.6 Å². The van der Waals surface area contributed by atoms with Gasteiger partial charge in [-0.2, -0.15) is 0 Å². The first-order valence-electron chi connectivity index (χ1n) is 10.7. The standard InChI is InChI=1S/C21H20FN5O4S.C2H6/c1-26-14(11-23-7-8-30-2)12-25-21(26)19-10-16-20(32-19)18(5-6-24-16)31-17-4-3-13(27(28)29)9-15(17)22;1-2/h3-6,9-10,12,23H,7-8,11H2,1-2H3;1-2H3. The highest BCUT2D eigenvalue weighted by Gasteiger charge is 2.17. The monoisotopic (exact) mass is 487 g/mol. The zero-order valence-electron chi connectivity index (χ0n) is 19.4. The van der Waals surface area contributed by atoms with Gasteiger partial charge in [0, 0.05) is 45.6 Å². The van der Waals surface area contributed by atoms with E-state index >= 15 is 0 Å². The van der Waals surface area contributed by atoms with Gasteiger partial charge in [-0.05, 0) is 12.1 Å². The van der Waals surface area contributed by atoms with Crippen LogP contribution in [0.15, 0.2) is 42.7 Å². The van der Waals surface area contributed by atoms with Gasteiger partial charge in [0.15, 0.2) is 11.6 Å². The van der Waals surface area contributed by atoms with Crippen molar-refractivity contribution in [3.05, 3.63) is 64.4 Å². The van der Waals surface area contributed by atoms with Crippen LogP contribution in [0.1, 0.15) is 19.5 Å². The second-order valence-electron chi connectivity index (χ2n) is 6.91. The van der Waals surface area contributed by atoms with E-state index < -0.39 is 10.7 Å². The van der Waals surface area contributed by atoms with Crippen LogP contribution in [0.3, 0.4) is 0 Å². The minimum Gasteiger partial charge on any atom is -0.453 e. The van der Waals surface area contributed by atoms with Crippen LogP contribution in [-0.2, 0) is 18.3 Å². The Bertz CT molecular complexity index is 1270. The van der Waals surface area contributed by atoms with Gasteiger partial charge in [0.1, 0.15) is 11.6 Å². The summed E-state index contributed by atoms with van der Waals surface area (Å²) in [7, 11) is 3.60. The Morgan fingerprint density at radius 3 is 2.71 bits per heavy atom. The molecule has 0 aliphatic heterocycles. The number of hydrogen-bond acceptors (Lipinski definition) is 8. The molecule has 0 atom stereocenters. The van der Waals surface area contributed by atoms with E-state index in [9.17, 15) is 14.5 Å². The number of rotatable bonds is 9. The highest BCUT2D eigenvalue weighted by molar-refractivity contribution is 7.22. The van der Waals surface area contributed by atoms with Crippen molar-refractivity contribution in [2.45, 2.75) is 20.4 Å². The number of non-ortho nitro benzene ring substituents is 1. The maximum absolute atomic E-state index is 14.3. The predicted octanol–water partition coefficient (Wildman–Crippen LogP) is 5.30. The quantitative estimate of drug-likeness (QED) is 0.194. The fraction of sp³-hybridized carbons (Fsp3) is 0.304. The SMILES string of the molecule is CC.COCCNCc1cnc(-c2cc3nccc(Oc4ccc([N+](=O)[O-])cc4F)c3s2)n1C. The minimum absolute atomic E-state index is 0.0977. The number of fused-ring (bicyclic) bond motifs is 1. The molecule has 11 heteroatoms. The second kappa shape index (κ2) is 11.6. The number of thiophene rings is 1. The molecule has 0 radical (unpaired) electrons. The lowest BCUT2D eigenvalue weighted by Gasteiger charge is -2.07. The summed E-state index contributed by atoms with van der Waals surface area (Å²) in [5.41, 5.74) is 1.37. The van der Waals surface area contributed by atoms with Gasteiger partial charge in [-0.15, -0.1) is 11.3 Å². The first-order chi connectivity index (χ1) is 16.5. The second-order valence-corrected chi connectivity index (χ2v) is 7.96. The molecular formula is C23H26FN5O4S. The Labute approximate surface area is 200 Å². The van der Waals surface area contributed by atoms with Crippen molar-refractivity contribution in [2.24, 2.45) is 7.05 Å². The van der Waals surface area contributed by atoms with E-state index in [2.05, 4.69) is 15.3 Å². The van der Waals surface area contributed by atoms with Crippen molar-refractivity contribution in [1.29, 1.82) is 0 Å². The normalized spacial score (nSPS) is 10.7. The van der Waals surface area contributed by atoms with E-state index in [0.717, 1.165) is 33.7 Å². The summed E-state index contributed by atoms with van der Waals surface area (Å²) in [6.07, 6.45) is 3.39. The van der Waals surface area contributed by atoms with Crippen LogP contribution in [0.4, 0.5) is 10.1 Å². The number of aromatic nitrogens is 3. The summed E-state index contributed by atoms with van der Waals surface area (Å²) in [6.45, 7) is 6.03. The van der Waals surface area contributed by atoms with Crippen molar-refractivity contribution < 1.29 is 18.8 Å². The van der Waals surface area contributed by atoms with Gasteiger partial charge >= 0.3 is 0 Å². The molecule has 0 fully saturated rings. The molecule has 1 N–H and O–H groups in total. The van der Waals surface area contributed by atoms with Crippen LogP contribution in [0.2, 0.25) is 0 Å². The lowest BCUT2D eigenvalue weighted by atomic mass is 10.3. The van der Waals surface area contributed by atoms with E-state index in [-0.39, 0.29) is 11.4 Å². The van der Waals surface area contributed by atoms with Crippen LogP contribution in [0, 0.1) is 15.9 Å². The number of ether oxygens (including phenoxy) is 2. The Kier molecular flexibility index (Phi) is 8.63. The highest BCUT2D eigenvalue weighted by atomic mass is 32.1. The van der Waals surface area contributed by atoms with E-state index in [4.69, 9.17) is 9.47 Å². The first-order valence-corrected chi connectivity index (χ1v) is 11.5. The number of imidazole rings is 1. The van der Waals surface area contributed by atoms with Crippen molar-refractivity contribution in [3.8, 4) is 22.2 Å². The average Bonchev–Trinajstić information content (AvgIpc) is 3.43. The number of benzene rings is 1. The molecule has 180 valence electrons. The lowest BCUT2D eigenvalue weighted by molar-refractivity contribution is -0.385. The molecule has 0 saturated heterocycles. The molecule has 0 aliphatic rings. The fourth-order valence-electron chi connectivity index (χ4n) is 3.14. The lowest BCUT2D eigenvalue weighted by Crippen LogP contribution is -2.20. The molecule has 1 aromatic carbocycles. The van der Waals surface area contributed by atoms with Gasteiger partial charge in [-0.25, -0.2) is 9.37 Å². The van der Waals surface area contributed by atoms with E-state index in [1.165, 1.54) is 23.5 Å². The van der Waals surface area contributed by atoms with Crippen LogP contribution in [0.25, 0.3) is 20.9 Å². The highest BCUT2D eigenvalue weighted by Crippen LogP contribution is 2.39. The Morgan fingerprint density at radius 1 is 1.21 bits per heavy atom. The number of nitro groups is 1. The summed E-state index contributed by atoms with van der Waals surface area (Å²) < 4.78 is 27.8. The topological polar surface area (TPSA) is 104 Å². The molecule has 0 aliphatic carbocycles. The summed E-state index contributed by atoms with van der Waals surface area (Å²) >= 11 is 1.43. The number of pyridine rings is 1. The van der Waals surface area contributed by atoms with Crippen molar-refractivity contribution in [3.63, 3.8) is 0 Å². The van der Waals surface area contributed by atoms with Crippen LogP contribution in [0.5, 0.6) is 11.5 Å². The Hall–Kier alpha value is -3.41. The smallest absolute Gasteiger partial charge is 0.272 e. The van der Waals surface area contributed by atoms with Crippen molar-refractivity contribution in [2.75, 3.05) is 20.3 Å². The van der Waals surface area contributed by atoms with Gasteiger partial charge in [0.2, 0.25) is 0 Å². The zero-order chi connectivity index (χ0) is 24.7. The van der Waals surface area contributed by atoms with Crippen LogP contribution < -0.4 is 10.1 Å². The molecule has 9 nitrogen and oxygen atoms in total. The molecule has 0 amide bonds. The third-order valence-electron chi connectivity index (χ3n) is 4.82. The molecule has 0 saturated carbocycles. The molecule has 3 heterocycles. The van der Waals surface area contributed by atoms with Gasteiger partial charge in [0.25, 0.3) is 5.69 Å². The maximum atomic E-state index is 14.3. The van der Waals surface area contributed by atoms with Crippen LogP contribution in [-0.4, -0.2) is 39.7 Å². The molecule has 0 unspecified atom stereocenters. The molecule has 0 spiro atoms. The fourth-order valence-corrected chi connectivity index (χ4v) is 4.24. The van der Waals surface area contributed by atoms with Crippen molar-refractivity contribution >= 4 is 27.2 Å². The third-order valence-corrected chi connectivity index (χ3v) is 5.95. The molecule has 0 bridgehead atoms. The van der Waals surface area contributed by atoms with Crippen molar-refractivity contribution in [1.82, 2.24) is 19.9 Å². The van der Waals surface area contributed by atoms with Gasteiger partial charge in [-0.3, -0.25) is 15.1 Å². The summed E-state index contributed by atoms with van der Waals surface area (Å²) in [5.74, 6) is 0.286. The molecule has 4 rings (SSSR count). The molecule has 3 aromatic heterocycles. The number of methoxy groups -OCH3 is 1. The first kappa shape index (κ1) is 25.2. The Balaban J connectivity index is 0.00000158. The average molecular weight is 488 g/mol. The van der Waals surface area contributed by atoms with Crippen LogP contribution >= 0.6 is 11.3 Å². The Morgan fingerprint density at radius 2 is 2.00 bits per heavy atom. The zero-order valence-corrected chi connectivity index (χ0v) is 20.2. The molecular weight excluding hydrogens is 461 g/mol. The largest absolute Gasteiger partial charge is 0.453 e. The summed E-state index contributed by atoms with van der Waals surface area (Å²) in [4.78, 5) is 20.0. The number of halogens is 1. The number of nitrogens with one attached hydrogen (secondary N) is 1. The van der Waals surface area contributed by atoms with E-state index in [1.807, 2.05) is 37.7 Å². The number of nitro benzene ring substituents is 1. The van der Waals surface area contributed by atoms with E-state index in [0.29, 0.717) is 24.4 Å². The third kappa shape index (κ3) is 5.56. The van der Waals surface area contributed by atoms with E-state index in [1.54, 1.807) is 19.4 Å². The van der Waals surface area contributed by atoms with Gasteiger partial charge in [-0.1, -0.05) is 13.8 Å². The number of nitrogens with zero attached hydrogens (tertiary/aromatic N) is 4. The minimum atomic E-state index is -0.810. The maximum Gasteiger partial charge on any atom is 0.272 e. The number of hydrogen-bond donors (Lipinski definition) is 1. The molecule has 4 aromatic rings. The predicted molar refractivity (Wildman–Crippen MR) is 130 cm³/mol. The molecule has 34 heavy (non-hydrogen) atoms.